The summed E-state index contributed by atoms with van der Waals surface area (Å²) in [4.78, 5) is 11.5. The van der Waals surface area contributed by atoms with Gasteiger partial charge in [-0.1, -0.05) is 13.8 Å². The Morgan fingerprint density at radius 1 is 1.50 bits per heavy atom. The first-order chi connectivity index (χ1) is 7.39. The summed E-state index contributed by atoms with van der Waals surface area (Å²) in [5.74, 6) is 0.158. The summed E-state index contributed by atoms with van der Waals surface area (Å²) in [5.41, 5.74) is 0. The molecule has 1 atom stereocenters. The van der Waals surface area contributed by atoms with Gasteiger partial charge in [0.15, 0.2) is 5.79 Å². The van der Waals surface area contributed by atoms with Gasteiger partial charge < -0.3 is 14.8 Å². The second-order valence-corrected chi connectivity index (χ2v) is 5.19. The van der Waals surface area contributed by atoms with Crippen LogP contribution in [0.3, 0.4) is 0 Å². The van der Waals surface area contributed by atoms with Crippen molar-refractivity contribution in [3.8, 4) is 0 Å². The van der Waals surface area contributed by atoms with E-state index in [-0.39, 0.29) is 12.0 Å². The number of carbonyl (C=O) groups is 1. The molecule has 4 heteroatoms. The molecule has 0 aliphatic carbocycles. The van der Waals surface area contributed by atoms with Crippen LogP contribution in [0.5, 0.6) is 0 Å². The second kappa shape index (κ2) is 5.64. The summed E-state index contributed by atoms with van der Waals surface area (Å²) < 4.78 is 11.0. The molecule has 0 aromatic rings. The van der Waals surface area contributed by atoms with E-state index >= 15 is 0 Å². The van der Waals surface area contributed by atoms with Crippen LogP contribution in [-0.4, -0.2) is 30.9 Å². The molecule has 1 rings (SSSR count). The third kappa shape index (κ3) is 4.94. The Morgan fingerprint density at radius 2 is 2.19 bits per heavy atom. The van der Waals surface area contributed by atoms with Gasteiger partial charge in [0.2, 0.25) is 5.91 Å². The molecular weight excluding hydrogens is 206 g/mol. The lowest BCUT2D eigenvalue weighted by molar-refractivity contribution is -0.139. The highest BCUT2D eigenvalue weighted by molar-refractivity contribution is 5.75. The predicted molar refractivity (Wildman–Crippen MR) is 62.0 cm³/mol. The Kier molecular flexibility index (Phi) is 4.74. The first kappa shape index (κ1) is 13.5. The molecule has 1 amide bonds. The largest absolute Gasteiger partial charge is 0.353 e. The molecule has 1 heterocycles. The number of ether oxygens (including phenoxy) is 2. The van der Waals surface area contributed by atoms with Crippen molar-refractivity contribution in [2.45, 2.75) is 52.4 Å². The highest BCUT2D eigenvalue weighted by Gasteiger charge is 2.32. The molecule has 1 N–H and O–H groups in total. The fraction of sp³-hybridized carbons (Fsp3) is 0.917. The van der Waals surface area contributed by atoms with Crippen LogP contribution in [0.25, 0.3) is 0 Å². The van der Waals surface area contributed by atoms with E-state index in [9.17, 15) is 4.79 Å². The van der Waals surface area contributed by atoms with Crippen molar-refractivity contribution >= 4 is 5.91 Å². The number of rotatable bonds is 5. The Balaban J connectivity index is 2.13. The van der Waals surface area contributed by atoms with Gasteiger partial charge in [-0.2, -0.15) is 0 Å². The SMILES string of the molecule is CC(C)CCC(=O)NCC1COC(C)(C)O1. The maximum Gasteiger partial charge on any atom is 0.220 e. The quantitative estimate of drug-likeness (QED) is 0.780. The maximum absolute atomic E-state index is 11.5. The zero-order chi connectivity index (χ0) is 12.2. The van der Waals surface area contributed by atoms with Crippen molar-refractivity contribution in [2.75, 3.05) is 13.2 Å². The topological polar surface area (TPSA) is 47.6 Å². The van der Waals surface area contributed by atoms with Gasteiger partial charge in [-0.15, -0.1) is 0 Å². The van der Waals surface area contributed by atoms with E-state index in [1.54, 1.807) is 0 Å². The molecule has 1 fully saturated rings. The van der Waals surface area contributed by atoms with Crippen LogP contribution < -0.4 is 5.32 Å². The number of nitrogens with one attached hydrogen (secondary N) is 1. The van der Waals surface area contributed by atoms with Gasteiger partial charge in [-0.3, -0.25) is 4.79 Å². The molecule has 1 aliphatic heterocycles. The van der Waals surface area contributed by atoms with E-state index in [1.807, 2.05) is 13.8 Å². The Bertz CT molecular complexity index is 238. The molecule has 0 bridgehead atoms. The van der Waals surface area contributed by atoms with Crippen LogP contribution in [0, 0.1) is 5.92 Å². The second-order valence-electron chi connectivity index (χ2n) is 5.19. The first-order valence-electron chi connectivity index (χ1n) is 5.97. The van der Waals surface area contributed by atoms with E-state index in [4.69, 9.17) is 9.47 Å². The van der Waals surface area contributed by atoms with Crippen LogP contribution >= 0.6 is 0 Å². The van der Waals surface area contributed by atoms with Gasteiger partial charge in [-0.05, 0) is 26.2 Å². The third-order valence-electron chi connectivity index (χ3n) is 2.54. The Morgan fingerprint density at radius 3 is 2.69 bits per heavy atom. The minimum absolute atomic E-state index is 0.0157. The van der Waals surface area contributed by atoms with Crippen molar-refractivity contribution in [1.82, 2.24) is 5.32 Å². The summed E-state index contributed by atoms with van der Waals surface area (Å²) in [6.45, 7) is 9.09. The van der Waals surface area contributed by atoms with Crippen molar-refractivity contribution in [2.24, 2.45) is 5.92 Å². The molecule has 0 aromatic heterocycles. The molecule has 0 radical (unpaired) electrons. The Labute approximate surface area is 97.7 Å². The lowest BCUT2D eigenvalue weighted by Gasteiger charge is -2.17. The van der Waals surface area contributed by atoms with E-state index < -0.39 is 5.79 Å². The van der Waals surface area contributed by atoms with E-state index in [2.05, 4.69) is 19.2 Å². The maximum atomic E-state index is 11.5. The number of carbonyl (C=O) groups excluding carboxylic acids is 1. The van der Waals surface area contributed by atoms with Crippen molar-refractivity contribution in [1.29, 1.82) is 0 Å². The number of hydrogen-bond donors (Lipinski definition) is 1. The highest BCUT2D eigenvalue weighted by atomic mass is 16.7. The van der Waals surface area contributed by atoms with Gasteiger partial charge in [0, 0.05) is 13.0 Å². The van der Waals surface area contributed by atoms with Crippen molar-refractivity contribution < 1.29 is 14.3 Å². The van der Waals surface area contributed by atoms with Crippen LogP contribution in [0.4, 0.5) is 0 Å². The molecule has 4 nitrogen and oxygen atoms in total. The fourth-order valence-electron chi connectivity index (χ4n) is 1.60. The first-order valence-corrected chi connectivity index (χ1v) is 5.97. The van der Waals surface area contributed by atoms with Crippen LogP contribution in [0.1, 0.15) is 40.5 Å². The fourth-order valence-corrected chi connectivity index (χ4v) is 1.60. The molecule has 1 aliphatic rings. The number of hydrogen-bond acceptors (Lipinski definition) is 3. The van der Waals surface area contributed by atoms with E-state index in [0.717, 1.165) is 6.42 Å². The monoisotopic (exact) mass is 229 g/mol. The summed E-state index contributed by atoms with van der Waals surface area (Å²) in [6.07, 6.45) is 1.51. The van der Waals surface area contributed by atoms with Gasteiger partial charge in [0.1, 0.15) is 6.10 Å². The normalized spacial score (nSPS) is 23.7. The average molecular weight is 229 g/mol. The summed E-state index contributed by atoms with van der Waals surface area (Å²) in [6, 6.07) is 0. The van der Waals surface area contributed by atoms with E-state index in [1.165, 1.54) is 0 Å². The van der Waals surface area contributed by atoms with Gasteiger partial charge in [0.25, 0.3) is 0 Å². The Hall–Kier alpha value is -0.610. The summed E-state index contributed by atoms with van der Waals surface area (Å²) in [5, 5.41) is 2.87. The van der Waals surface area contributed by atoms with Crippen LogP contribution in [-0.2, 0) is 14.3 Å². The van der Waals surface area contributed by atoms with Crippen molar-refractivity contribution in [3.63, 3.8) is 0 Å². The molecule has 0 aromatic carbocycles. The minimum atomic E-state index is -0.507. The average Bonchev–Trinajstić information content (AvgIpc) is 2.52. The van der Waals surface area contributed by atoms with Gasteiger partial charge >= 0.3 is 0 Å². The van der Waals surface area contributed by atoms with Crippen molar-refractivity contribution in [3.05, 3.63) is 0 Å². The number of amides is 1. The third-order valence-corrected chi connectivity index (χ3v) is 2.54. The highest BCUT2D eigenvalue weighted by Crippen LogP contribution is 2.21. The van der Waals surface area contributed by atoms with Crippen LogP contribution in [0.2, 0.25) is 0 Å². The summed E-state index contributed by atoms with van der Waals surface area (Å²) >= 11 is 0. The molecule has 94 valence electrons. The minimum Gasteiger partial charge on any atom is -0.353 e. The summed E-state index contributed by atoms with van der Waals surface area (Å²) in [7, 11) is 0. The standard InChI is InChI=1S/C12H23NO3/c1-9(2)5-6-11(14)13-7-10-8-15-12(3,4)16-10/h9-10H,5-8H2,1-4H3,(H,13,14). The molecule has 16 heavy (non-hydrogen) atoms. The zero-order valence-corrected chi connectivity index (χ0v) is 10.7. The zero-order valence-electron chi connectivity index (χ0n) is 10.7. The van der Waals surface area contributed by atoms with E-state index in [0.29, 0.717) is 25.5 Å². The molecule has 1 saturated heterocycles. The van der Waals surface area contributed by atoms with Gasteiger partial charge in [-0.25, -0.2) is 0 Å². The van der Waals surface area contributed by atoms with Gasteiger partial charge in [0.05, 0.1) is 6.61 Å². The predicted octanol–water partition coefficient (Wildman–Crippen LogP) is 1.69. The molecular formula is C12H23NO3. The molecule has 1 unspecified atom stereocenters. The smallest absolute Gasteiger partial charge is 0.220 e. The molecule has 0 saturated carbocycles. The lowest BCUT2D eigenvalue weighted by Crippen LogP contribution is -2.34. The lowest BCUT2D eigenvalue weighted by atomic mass is 10.1. The van der Waals surface area contributed by atoms with Crippen LogP contribution in [0.15, 0.2) is 0 Å². The molecule has 0 spiro atoms.